The highest BCUT2D eigenvalue weighted by Gasteiger charge is 2.36. The Morgan fingerprint density at radius 3 is 2.46 bits per heavy atom. The summed E-state index contributed by atoms with van der Waals surface area (Å²) in [6, 6.07) is 7.71. The van der Waals surface area contributed by atoms with E-state index in [0.717, 1.165) is 25.0 Å². The van der Waals surface area contributed by atoms with E-state index in [1.54, 1.807) is 11.8 Å². The highest BCUT2D eigenvalue weighted by atomic mass is 16.5. The molecule has 0 unspecified atom stereocenters. The van der Waals surface area contributed by atoms with Crippen molar-refractivity contribution >= 4 is 11.8 Å². The van der Waals surface area contributed by atoms with Crippen LogP contribution in [-0.4, -0.2) is 53.5 Å². The number of likely N-dealkylation sites (tertiary alicyclic amines) is 1. The van der Waals surface area contributed by atoms with Crippen LogP contribution in [-0.2, 0) is 27.3 Å². The second-order valence-electron chi connectivity index (χ2n) is 6.62. The Morgan fingerprint density at radius 1 is 1.17 bits per heavy atom. The van der Waals surface area contributed by atoms with Crippen molar-refractivity contribution in [3.63, 3.8) is 0 Å². The summed E-state index contributed by atoms with van der Waals surface area (Å²) in [6.07, 6.45) is 2.63. The van der Waals surface area contributed by atoms with Crippen molar-refractivity contribution in [2.75, 3.05) is 19.7 Å². The molecule has 5 nitrogen and oxygen atoms in total. The first-order valence-electron chi connectivity index (χ1n) is 8.84. The summed E-state index contributed by atoms with van der Waals surface area (Å²) in [7, 11) is 0. The first-order chi connectivity index (χ1) is 11.6. The molecule has 1 aromatic carbocycles. The summed E-state index contributed by atoms with van der Waals surface area (Å²) >= 11 is 0. The van der Waals surface area contributed by atoms with Crippen molar-refractivity contribution in [2.24, 2.45) is 0 Å². The second-order valence-corrected chi connectivity index (χ2v) is 6.62. The van der Waals surface area contributed by atoms with Crippen LogP contribution in [0.15, 0.2) is 24.3 Å². The van der Waals surface area contributed by atoms with Gasteiger partial charge in [-0.25, -0.2) is 0 Å². The summed E-state index contributed by atoms with van der Waals surface area (Å²) in [5, 5.41) is 0. The fourth-order valence-corrected chi connectivity index (χ4v) is 3.76. The SMILES string of the molecule is CCOC1CCN(C(=O)[C@@H]2Cc3ccccc3CN2C(C)=O)CC1. The largest absolute Gasteiger partial charge is 0.378 e. The smallest absolute Gasteiger partial charge is 0.245 e. The van der Waals surface area contributed by atoms with Gasteiger partial charge in [0, 0.05) is 39.6 Å². The Labute approximate surface area is 143 Å². The number of piperidine rings is 1. The lowest BCUT2D eigenvalue weighted by atomic mass is 9.92. The average molecular weight is 330 g/mol. The molecule has 0 spiro atoms. The lowest BCUT2D eigenvalue weighted by molar-refractivity contribution is -0.147. The van der Waals surface area contributed by atoms with Crippen LogP contribution in [0.1, 0.15) is 37.8 Å². The summed E-state index contributed by atoms with van der Waals surface area (Å²) in [6.45, 7) is 6.23. The molecular formula is C19H26N2O3. The van der Waals surface area contributed by atoms with Gasteiger partial charge in [-0.15, -0.1) is 0 Å². The van der Waals surface area contributed by atoms with Gasteiger partial charge in [0.1, 0.15) is 6.04 Å². The van der Waals surface area contributed by atoms with Gasteiger partial charge in [0.25, 0.3) is 0 Å². The third-order valence-corrected chi connectivity index (χ3v) is 5.09. The number of ether oxygens (including phenoxy) is 1. The van der Waals surface area contributed by atoms with E-state index in [0.29, 0.717) is 26.1 Å². The molecule has 0 bridgehead atoms. The van der Waals surface area contributed by atoms with Crippen LogP contribution in [0, 0.1) is 0 Å². The van der Waals surface area contributed by atoms with Gasteiger partial charge in [0.15, 0.2) is 0 Å². The van der Waals surface area contributed by atoms with Crippen molar-refractivity contribution in [2.45, 2.75) is 51.8 Å². The lowest BCUT2D eigenvalue weighted by Gasteiger charge is -2.40. The topological polar surface area (TPSA) is 49.9 Å². The maximum atomic E-state index is 13.0. The van der Waals surface area contributed by atoms with Crippen molar-refractivity contribution in [3.05, 3.63) is 35.4 Å². The Morgan fingerprint density at radius 2 is 1.83 bits per heavy atom. The number of carbonyl (C=O) groups is 2. The van der Waals surface area contributed by atoms with E-state index >= 15 is 0 Å². The monoisotopic (exact) mass is 330 g/mol. The van der Waals surface area contributed by atoms with Crippen LogP contribution in [0.2, 0.25) is 0 Å². The van der Waals surface area contributed by atoms with Crippen LogP contribution >= 0.6 is 0 Å². The van der Waals surface area contributed by atoms with E-state index in [-0.39, 0.29) is 24.0 Å². The molecule has 2 aliphatic rings. The van der Waals surface area contributed by atoms with Crippen molar-refractivity contribution < 1.29 is 14.3 Å². The Kier molecular flexibility index (Phi) is 5.19. The number of hydrogen-bond acceptors (Lipinski definition) is 3. The van der Waals surface area contributed by atoms with E-state index in [9.17, 15) is 9.59 Å². The highest BCUT2D eigenvalue weighted by molar-refractivity contribution is 5.88. The van der Waals surface area contributed by atoms with Crippen LogP contribution in [0.3, 0.4) is 0 Å². The number of rotatable bonds is 3. The highest BCUT2D eigenvalue weighted by Crippen LogP contribution is 2.26. The summed E-state index contributed by atoms with van der Waals surface area (Å²) in [4.78, 5) is 28.7. The number of fused-ring (bicyclic) bond motifs is 1. The average Bonchev–Trinajstić information content (AvgIpc) is 2.61. The van der Waals surface area contributed by atoms with Gasteiger partial charge in [0.2, 0.25) is 11.8 Å². The minimum absolute atomic E-state index is 0.0351. The molecule has 3 rings (SSSR count). The molecule has 5 heteroatoms. The van der Waals surface area contributed by atoms with E-state index < -0.39 is 0 Å². The van der Waals surface area contributed by atoms with E-state index in [1.165, 1.54) is 5.56 Å². The molecular weight excluding hydrogens is 304 g/mol. The standard InChI is InChI=1S/C19H26N2O3/c1-3-24-17-8-10-20(11-9-17)19(23)18-12-15-6-4-5-7-16(15)13-21(18)14(2)22/h4-7,17-18H,3,8-13H2,1-2H3/t18-/m0/s1. The molecule has 24 heavy (non-hydrogen) atoms. The van der Waals surface area contributed by atoms with Gasteiger partial charge in [-0.2, -0.15) is 0 Å². The number of amides is 2. The quantitative estimate of drug-likeness (QED) is 0.851. The van der Waals surface area contributed by atoms with E-state index in [4.69, 9.17) is 4.74 Å². The van der Waals surface area contributed by atoms with Gasteiger partial charge in [0.05, 0.1) is 6.10 Å². The maximum Gasteiger partial charge on any atom is 0.245 e. The maximum absolute atomic E-state index is 13.0. The van der Waals surface area contributed by atoms with Crippen molar-refractivity contribution in [1.29, 1.82) is 0 Å². The number of hydrogen-bond donors (Lipinski definition) is 0. The molecule has 1 aromatic rings. The molecule has 0 radical (unpaired) electrons. The van der Waals surface area contributed by atoms with Crippen molar-refractivity contribution in [3.8, 4) is 0 Å². The summed E-state index contributed by atoms with van der Waals surface area (Å²) in [5.41, 5.74) is 2.32. The molecule has 2 amide bonds. The fourth-order valence-electron chi connectivity index (χ4n) is 3.76. The van der Waals surface area contributed by atoms with Crippen LogP contribution < -0.4 is 0 Å². The van der Waals surface area contributed by atoms with Gasteiger partial charge < -0.3 is 14.5 Å². The summed E-state index contributed by atoms with van der Waals surface area (Å²) in [5.74, 6) is 0.0432. The predicted octanol–water partition coefficient (Wildman–Crippen LogP) is 1.99. The zero-order valence-electron chi connectivity index (χ0n) is 14.5. The fraction of sp³-hybridized carbons (Fsp3) is 0.579. The van der Waals surface area contributed by atoms with Crippen LogP contribution in [0.4, 0.5) is 0 Å². The number of nitrogens with zero attached hydrogens (tertiary/aromatic N) is 2. The third kappa shape index (κ3) is 3.46. The zero-order chi connectivity index (χ0) is 17.1. The Bertz CT molecular complexity index is 608. The van der Waals surface area contributed by atoms with E-state index in [2.05, 4.69) is 6.07 Å². The first kappa shape index (κ1) is 17.0. The molecule has 2 aliphatic heterocycles. The molecule has 0 aliphatic carbocycles. The molecule has 0 N–H and O–H groups in total. The Balaban J connectivity index is 1.72. The van der Waals surface area contributed by atoms with Gasteiger partial charge >= 0.3 is 0 Å². The molecule has 2 heterocycles. The minimum Gasteiger partial charge on any atom is -0.378 e. The van der Waals surface area contributed by atoms with Crippen molar-refractivity contribution in [1.82, 2.24) is 9.80 Å². The minimum atomic E-state index is -0.374. The second kappa shape index (κ2) is 7.34. The van der Waals surface area contributed by atoms with Gasteiger partial charge in [-0.05, 0) is 30.9 Å². The predicted molar refractivity (Wildman–Crippen MR) is 91.4 cm³/mol. The number of benzene rings is 1. The first-order valence-corrected chi connectivity index (χ1v) is 8.84. The molecule has 130 valence electrons. The zero-order valence-corrected chi connectivity index (χ0v) is 14.5. The summed E-state index contributed by atoms with van der Waals surface area (Å²) < 4.78 is 5.66. The molecule has 1 saturated heterocycles. The molecule has 1 atom stereocenters. The number of carbonyl (C=O) groups excluding carboxylic acids is 2. The normalized spacial score (nSPS) is 21.5. The van der Waals surface area contributed by atoms with Gasteiger partial charge in [-0.3, -0.25) is 9.59 Å². The molecule has 0 aromatic heterocycles. The molecule has 0 saturated carbocycles. The lowest BCUT2D eigenvalue weighted by Crippen LogP contribution is -2.54. The van der Waals surface area contributed by atoms with Crippen LogP contribution in [0.5, 0.6) is 0 Å². The van der Waals surface area contributed by atoms with E-state index in [1.807, 2.05) is 30.0 Å². The van der Waals surface area contributed by atoms with Crippen LogP contribution in [0.25, 0.3) is 0 Å². The Hall–Kier alpha value is -1.88. The molecule has 1 fully saturated rings. The third-order valence-electron chi connectivity index (χ3n) is 5.09. The van der Waals surface area contributed by atoms with Gasteiger partial charge in [-0.1, -0.05) is 24.3 Å².